The first-order chi connectivity index (χ1) is 10.1. The van der Waals surface area contributed by atoms with Crippen LogP contribution in [0.5, 0.6) is 0 Å². The third-order valence-corrected chi connectivity index (χ3v) is 4.36. The Bertz CT molecular complexity index is 636. The van der Waals surface area contributed by atoms with Gasteiger partial charge < -0.3 is 15.1 Å². The minimum absolute atomic E-state index is 0.0735. The quantitative estimate of drug-likeness (QED) is 0.906. The van der Waals surface area contributed by atoms with E-state index in [0.29, 0.717) is 12.2 Å². The highest BCUT2D eigenvalue weighted by atomic mass is 16.3. The highest BCUT2D eigenvalue weighted by Gasteiger charge is 2.32. The van der Waals surface area contributed by atoms with Crippen molar-refractivity contribution in [1.29, 1.82) is 0 Å². The Kier molecular flexibility index (Phi) is 3.83. The summed E-state index contributed by atoms with van der Waals surface area (Å²) >= 11 is 0. The van der Waals surface area contributed by atoms with E-state index in [1.54, 1.807) is 0 Å². The van der Waals surface area contributed by atoms with Crippen LogP contribution in [0.2, 0.25) is 0 Å². The van der Waals surface area contributed by atoms with Crippen LogP contribution in [0.25, 0.3) is 10.8 Å². The number of hydrogen-bond acceptors (Lipinski definition) is 4. The zero-order valence-electron chi connectivity index (χ0n) is 12.4. The molecular weight excluding hydrogens is 264 g/mol. The summed E-state index contributed by atoms with van der Waals surface area (Å²) in [5, 5.41) is 22.1. The second kappa shape index (κ2) is 5.62. The first-order valence-corrected chi connectivity index (χ1v) is 7.54. The minimum atomic E-state index is -0.604. The molecule has 1 aliphatic rings. The van der Waals surface area contributed by atoms with Crippen LogP contribution in [0.1, 0.15) is 31.4 Å². The van der Waals surface area contributed by atoms with E-state index in [0.717, 1.165) is 42.3 Å². The molecule has 112 valence electrons. The van der Waals surface area contributed by atoms with Crippen molar-refractivity contribution in [3.05, 3.63) is 36.0 Å². The number of aliphatic hydroxyl groups excluding tert-OH is 1. The van der Waals surface area contributed by atoms with E-state index in [4.69, 9.17) is 0 Å². The summed E-state index contributed by atoms with van der Waals surface area (Å²) in [5.41, 5.74) is 0.0567. The standard InChI is InChI=1S/C17H22N2O2/c1-19(12-17(21)8-4-5-9-17)16-15-7-3-2-6-13(15)10-14(11-20)18-16/h2-3,6-7,10,20-21H,4-5,8-9,11-12H2,1H3. The third-order valence-electron chi connectivity index (χ3n) is 4.36. The molecule has 0 radical (unpaired) electrons. The van der Waals surface area contributed by atoms with Gasteiger partial charge in [-0.15, -0.1) is 0 Å². The molecule has 1 saturated carbocycles. The fourth-order valence-corrected chi connectivity index (χ4v) is 3.31. The topological polar surface area (TPSA) is 56.6 Å². The molecule has 3 rings (SSSR count). The Hall–Kier alpha value is -1.65. The van der Waals surface area contributed by atoms with Gasteiger partial charge >= 0.3 is 0 Å². The molecule has 0 amide bonds. The SMILES string of the molecule is CN(CC1(O)CCCC1)c1nc(CO)cc2ccccc12. The molecule has 0 saturated heterocycles. The maximum atomic E-state index is 10.6. The van der Waals surface area contributed by atoms with E-state index in [2.05, 4.69) is 4.98 Å². The molecular formula is C17H22N2O2. The molecule has 1 heterocycles. The van der Waals surface area contributed by atoms with Gasteiger partial charge in [-0.3, -0.25) is 0 Å². The smallest absolute Gasteiger partial charge is 0.136 e. The van der Waals surface area contributed by atoms with E-state index >= 15 is 0 Å². The summed E-state index contributed by atoms with van der Waals surface area (Å²) in [6.45, 7) is 0.509. The summed E-state index contributed by atoms with van der Waals surface area (Å²) in [4.78, 5) is 6.58. The number of hydrogen-bond donors (Lipinski definition) is 2. The van der Waals surface area contributed by atoms with Crippen LogP contribution in [0.3, 0.4) is 0 Å². The van der Waals surface area contributed by atoms with Crippen molar-refractivity contribution in [1.82, 2.24) is 4.98 Å². The molecule has 0 atom stereocenters. The summed E-state index contributed by atoms with van der Waals surface area (Å²) < 4.78 is 0. The number of anilines is 1. The minimum Gasteiger partial charge on any atom is -0.390 e. The predicted octanol–water partition coefficient (Wildman–Crippen LogP) is 2.47. The maximum Gasteiger partial charge on any atom is 0.136 e. The number of rotatable bonds is 4. The van der Waals surface area contributed by atoms with Crippen LogP contribution in [0.4, 0.5) is 5.82 Å². The molecule has 1 aliphatic carbocycles. The summed E-state index contributed by atoms with van der Waals surface area (Å²) in [7, 11) is 1.96. The molecule has 0 spiro atoms. The first-order valence-electron chi connectivity index (χ1n) is 7.54. The maximum absolute atomic E-state index is 10.6. The molecule has 1 aromatic heterocycles. The molecule has 4 heteroatoms. The lowest BCUT2D eigenvalue weighted by Gasteiger charge is -2.30. The summed E-state index contributed by atoms with van der Waals surface area (Å²) in [6.07, 6.45) is 3.90. The van der Waals surface area contributed by atoms with E-state index in [1.165, 1.54) is 0 Å². The van der Waals surface area contributed by atoms with Crippen LogP contribution >= 0.6 is 0 Å². The summed E-state index contributed by atoms with van der Waals surface area (Å²) in [6, 6.07) is 9.95. The second-order valence-corrected chi connectivity index (χ2v) is 6.10. The van der Waals surface area contributed by atoms with Crippen molar-refractivity contribution in [2.45, 2.75) is 37.9 Å². The van der Waals surface area contributed by atoms with Crippen LogP contribution in [0.15, 0.2) is 30.3 Å². The average molecular weight is 286 g/mol. The lowest BCUT2D eigenvalue weighted by Crippen LogP contribution is -2.39. The molecule has 2 aromatic rings. The van der Waals surface area contributed by atoms with Crippen molar-refractivity contribution in [3.63, 3.8) is 0 Å². The van der Waals surface area contributed by atoms with Gasteiger partial charge in [0.1, 0.15) is 5.82 Å². The lowest BCUT2D eigenvalue weighted by atomic mass is 10.0. The number of fused-ring (bicyclic) bond motifs is 1. The van der Waals surface area contributed by atoms with Gasteiger partial charge in [0.15, 0.2) is 0 Å². The molecule has 21 heavy (non-hydrogen) atoms. The van der Waals surface area contributed by atoms with Crippen molar-refractivity contribution >= 4 is 16.6 Å². The van der Waals surface area contributed by atoms with E-state index < -0.39 is 5.60 Å². The van der Waals surface area contributed by atoms with E-state index in [-0.39, 0.29) is 6.61 Å². The number of aliphatic hydroxyl groups is 2. The van der Waals surface area contributed by atoms with Gasteiger partial charge in [0.2, 0.25) is 0 Å². The number of nitrogens with zero attached hydrogens (tertiary/aromatic N) is 2. The number of pyridine rings is 1. The predicted molar refractivity (Wildman–Crippen MR) is 84.4 cm³/mol. The van der Waals surface area contributed by atoms with Gasteiger partial charge in [-0.05, 0) is 24.3 Å². The van der Waals surface area contributed by atoms with Crippen molar-refractivity contribution in [2.75, 3.05) is 18.5 Å². The highest BCUT2D eigenvalue weighted by Crippen LogP contribution is 2.32. The Morgan fingerprint density at radius 1 is 1.24 bits per heavy atom. The fraction of sp³-hybridized carbons (Fsp3) is 0.471. The molecule has 0 bridgehead atoms. The summed E-state index contributed by atoms with van der Waals surface area (Å²) in [5.74, 6) is 0.831. The van der Waals surface area contributed by atoms with Crippen LogP contribution in [-0.4, -0.2) is 34.4 Å². The van der Waals surface area contributed by atoms with Crippen LogP contribution < -0.4 is 4.90 Å². The molecule has 1 aromatic carbocycles. The van der Waals surface area contributed by atoms with Gasteiger partial charge in [0.05, 0.1) is 17.9 Å². The normalized spacial score (nSPS) is 17.3. The Balaban J connectivity index is 1.98. The molecule has 2 N–H and O–H groups in total. The number of aromatic nitrogens is 1. The molecule has 4 nitrogen and oxygen atoms in total. The number of benzene rings is 1. The second-order valence-electron chi connectivity index (χ2n) is 6.10. The average Bonchev–Trinajstić information content (AvgIpc) is 2.92. The monoisotopic (exact) mass is 286 g/mol. The number of likely N-dealkylation sites (N-methyl/N-ethyl adjacent to an activating group) is 1. The molecule has 0 unspecified atom stereocenters. The Morgan fingerprint density at radius 2 is 1.95 bits per heavy atom. The van der Waals surface area contributed by atoms with E-state index in [9.17, 15) is 10.2 Å². The van der Waals surface area contributed by atoms with Gasteiger partial charge in [0, 0.05) is 19.0 Å². The zero-order valence-corrected chi connectivity index (χ0v) is 12.4. The Morgan fingerprint density at radius 3 is 2.67 bits per heavy atom. The van der Waals surface area contributed by atoms with E-state index in [1.807, 2.05) is 42.3 Å². The molecule has 0 aliphatic heterocycles. The Labute approximate surface area is 125 Å². The van der Waals surface area contributed by atoms with Crippen molar-refractivity contribution < 1.29 is 10.2 Å². The fourth-order valence-electron chi connectivity index (χ4n) is 3.31. The van der Waals surface area contributed by atoms with Crippen LogP contribution in [-0.2, 0) is 6.61 Å². The third kappa shape index (κ3) is 2.87. The first kappa shape index (κ1) is 14.3. The van der Waals surface area contributed by atoms with Gasteiger partial charge in [-0.1, -0.05) is 37.1 Å². The molecule has 1 fully saturated rings. The van der Waals surface area contributed by atoms with Crippen molar-refractivity contribution in [3.8, 4) is 0 Å². The lowest BCUT2D eigenvalue weighted by molar-refractivity contribution is 0.0558. The largest absolute Gasteiger partial charge is 0.390 e. The van der Waals surface area contributed by atoms with Gasteiger partial charge in [-0.2, -0.15) is 0 Å². The zero-order chi connectivity index (χ0) is 14.9. The van der Waals surface area contributed by atoms with Gasteiger partial charge in [0.25, 0.3) is 0 Å². The van der Waals surface area contributed by atoms with Gasteiger partial charge in [-0.25, -0.2) is 4.98 Å². The van der Waals surface area contributed by atoms with Crippen LogP contribution in [0, 0.1) is 0 Å². The highest BCUT2D eigenvalue weighted by molar-refractivity contribution is 5.92. The van der Waals surface area contributed by atoms with Crippen molar-refractivity contribution in [2.24, 2.45) is 0 Å².